The van der Waals surface area contributed by atoms with Crippen molar-refractivity contribution in [1.82, 2.24) is 0 Å². The maximum absolute atomic E-state index is 12.0. The fourth-order valence-electron chi connectivity index (χ4n) is 2.18. The zero-order chi connectivity index (χ0) is 16.7. The van der Waals surface area contributed by atoms with E-state index in [0.717, 1.165) is 17.7 Å². The van der Waals surface area contributed by atoms with Crippen LogP contribution < -0.4 is 14.8 Å². The van der Waals surface area contributed by atoms with Crippen molar-refractivity contribution in [1.29, 1.82) is 0 Å². The van der Waals surface area contributed by atoms with Gasteiger partial charge in [0.2, 0.25) is 5.91 Å². The molecule has 1 amide bonds. The molecule has 0 unspecified atom stereocenters. The fraction of sp³-hybridized carbons (Fsp3) is 0.211. The largest absolute Gasteiger partial charge is 0.493 e. The van der Waals surface area contributed by atoms with Crippen LogP contribution in [0.1, 0.15) is 18.1 Å². The van der Waals surface area contributed by atoms with E-state index < -0.39 is 0 Å². The second-order valence-electron chi connectivity index (χ2n) is 4.99. The second-order valence-corrected chi connectivity index (χ2v) is 4.99. The molecule has 0 radical (unpaired) electrons. The van der Waals surface area contributed by atoms with Crippen LogP contribution in [0.15, 0.2) is 48.5 Å². The first-order valence-corrected chi connectivity index (χ1v) is 7.46. The van der Waals surface area contributed by atoms with Crippen molar-refractivity contribution in [2.24, 2.45) is 0 Å². The predicted molar refractivity (Wildman–Crippen MR) is 93.0 cm³/mol. The lowest BCUT2D eigenvalue weighted by Gasteiger charge is -2.07. The van der Waals surface area contributed by atoms with E-state index in [1.165, 1.54) is 11.6 Å². The number of carbonyl (C=O) groups is 1. The molecular formula is C19H21NO3. The number of benzene rings is 2. The molecule has 4 heteroatoms. The Hall–Kier alpha value is -2.75. The highest BCUT2D eigenvalue weighted by Crippen LogP contribution is 2.27. The first-order chi connectivity index (χ1) is 11.2. The van der Waals surface area contributed by atoms with E-state index in [4.69, 9.17) is 9.47 Å². The van der Waals surface area contributed by atoms with Gasteiger partial charge in [0, 0.05) is 11.8 Å². The highest BCUT2D eigenvalue weighted by atomic mass is 16.5. The van der Waals surface area contributed by atoms with Crippen LogP contribution in [-0.4, -0.2) is 20.1 Å². The number of hydrogen-bond donors (Lipinski definition) is 1. The van der Waals surface area contributed by atoms with Crippen molar-refractivity contribution >= 4 is 17.7 Å². The summed E-state index contributed by atoms with van der Waals surface area (Å²) >= 11 is 0. The zero-order valence-corrected chi connectivity index (χ0v) is 13.6. The van der Waals surface area contributed by atoms with Crippen molar-refractivity contribution in [2.45, 2.75) is 13.3 Å². The van der Waals surface area contributed by atoms with Crippen LogP contribution in [0.5, 0.6) is 11.5 Å². The minimum atomic E-state index is -0.173. The topological polar surface area (TPSA) is 47.6 Å². The van der Waals surface area contributed by atoms with Gasteiger partial charge in [-0.1, -0.05) is 25.1 Å². The highest BCUT2D eigenvalue weighted by molar-refractivity contribution is 6.02. The number of hydrogen-bond acceptors (Lipinski definition) is 3. The summed E-state index contributed by atoms with van der Waals surface area (Å²) in [5.41, 5.74) is 2.85. The summed E-state index contributed by atoms with van der Waals surface area (Å²) in [5, 5.41) is 2.86. The Morgan fingerprint density at radius 3 is 2.57 bits per heavy atom. The molecule has 2 aromatic carbocycles. The van der Waals surface area contributed by atoms with Gasteiger partial charge < -0.3 is 14.8 Å². The molecule has 0 aliphatic carbocycles. The minimum Gasteiger partial charge on any atom is -0.493 e. The first kappa shape index (κ1) is 16.6. The zero-order valence-electron chi connectivity index (χ0n) is 13.6. The van der Waals surface area contributed by atoms with Gasteiger partial charge in [0.25, 0.3) is 0 Å². The third kappa shape index (κ3) is 4.61. The van der Waals surface area contributed by atoms with E-state index in [1.54, 1.807) is 26.4 Å². The molecule has 0 fully saturated rings. The molecule has 0 aliphatic heterocycles. The summed E-state index contributed by atoms with van der Waals surface area (Å²) in [7, 11) is 3.17. The van der Waals surface area contributed by atoms with Gasteiger partial charge in [0.05, 0.1) is 14.2 Å². The van der Waals surface area contributed by atoms with Crippen LogP contribution in [0.25, 0.3) is 6.08 Å². The molecule has 23 heavy (non-hydrogen) atoms. The van der Waals surface area contributed by atoms with Crippen LogP contribution in [0.3, 0.4) is 0 Å². The molecule has 2 aromatic rings. The lowest BCUT2D eigenvalue weighted by molar-refractivity contribution is -0.111. The van der Waals surface area contributed by atoms with Crippen LogP contribution in [-0.2, 0) is 11.2 Å². The maximum atomic E-state index is 12.0. The van der Waals surface area contributed by atoms with E-state index in [2.05, 4.69) is 12.2 Å². The van der Waals surface area contributed by atoms with Crippen LogP contribution in [0.2, 0.25) is 0 Å². The van der Waals surface area contributed by atoms with E-state index in [-0.39, 0.29) is 5.91 Å². The summed E-state index contributed by atoms with van der Waals surface area (Å²) < 4.78 is 10.4. The third-order valence-electron chi connectivity index (χ3n) is 3.44. The van der Waals surface area contributed by atoms with Gasteiger partial charge in [-0.05, 0) is 47.9 Å². The Morgan fingerprint density at radius 2 is 1.87 bits per heavy atom. The lowest BCUT2D eigenvalue weighted by Crippen LogP contribution is -2.07. The van der Waals surface area contributed by atoms with Crippen molar-refractivity contribution in [3.63, 3.8) is 0 Å². The molecule has 0 atom stereocenters. The van der Waals surface area contributed by atoms with Crippen LogP contribution >= 0.6 is 0 Å². The first-order valence-electron chi connectivity index (χ1n) is 7.46. The summed E-state index contributed by atoms with van der Waals surface area (Å²) in [6.45, 7) is 2.08. The van der Waals surface area contributed by atoms with E-state index in [0.29, 0.717) is 11.5 Å². The minimum absolute atomic E-state index is 0.173. The van der Waals surface area contributed by atoms with Gasteiger partial charge in [0.1, 0.15) is 0 Å². The summed E-state index contributed by atoms with van der Waals surface area (Å²) in [6.07, 6.45) is 4.17. The fourth-order valence-corrected chi connectivity index (χ4v) is 2.18. The van der Waals surface area contributed by atoms with Gasteiger partial charge in [-0.2, -0.15) is 0 Å². The van der Waals surface area contributed by atoms with Gasteiger partial charge in [-0.3, -0.25) is 4.79 Å². The predicted octanol–water partition coefficient (Wildman–Crippen LogP) is 3.92. The molecule has 1 N–H and O–H groups in total. The van der Waals surface area contributed by atoms with Crippen LogP contribution in [0.4, 0.5) is 5.69 Å². The normalized spacial score (nSPS) is 10.6. The number of amides is 1. The number of carbonyl (C=O) groups excluding carboxylic acids is 1. The van der Waals surface area contributed by atoms with Crippen molar-refractivity contribution in [3.05, 3.63) is 59.7 Å². The molecule has 0 spiro atoms. The molecule has 0 aliphatic rings. The molecule has 0 bridgehead atoms. The Morgan fingerprint density at radius 1 is 1.09 bits per heavy atom. The number of nitrogens with one attached hydrogen (secondary N) is 1. The lowest BCUT2D eigenvalue weighted by atomic mass is 10.1. The van der Waals surface area contributed by atoms with E-state index >= 15 is 0 Å². The van der Waals surface area contributed by atoms with Gasteiger partial charge in [0.15, 0.2) is 11.5 Å². The Labute approximate surface area is 136 Å². The average Bonchev–Trinajstić information content (AvgIpc) is 2.59. The summed E-state index contributed by atoms with van der Waals surface area (Å²) in [6, 6.07) is 13.3. The van der Waals surface area contributed by atoms with Gasteiger partial charge in [-0.25, -0.2) is 0 Å². The van der Waals surface area contributed by atoms with Gasteiger partial charge >= 0.3 is 0 Å². The molecule has 4 nitrogen and oxygen atoms in total. The number of aryl methyl sites for hydroxylation is 1. The van der Waals surface area contributed by atoms with Gasteiger partial charge in [-0.15, -0.1) is 0 Å². The van der Waals surface area contributed by atoms with Crippen molar-refractivity contribution < 1.29 is 14.3 Å². The Balaban J connectivity index is 2.05. The number of methoxy groups -OCH3 is 2. The number of rotatable bonds is 6. The Bertz CT molecular complexity index is 708. The van der Waals surface area contributed by atoms with E-state index in [9.17, 15) is 4.79 Å². The standard InChI is InChI=1S/C19H21NO3/c1-4-14-6-5-7-16(12-14)20-19(21)11-9-15-8-10-17(22-2)18(13-15)23-3/h5-13H,4H2,1-3H3,(H,20,21)/b11-9+. The molecule has 2 rings (SSSR count). The van der Waals surface area contributed by atoms with Crippen molar-refractivity contribution in [3.8, 4) is 11.5 Å². The molecule has 0 saturated carbocycles. The quantitative estimate of drug-likeness (QED) is 0.823. The maximum Gasteiger partial charge on any atom is 0.248 e. The molecular weight excluding hydrogens is 290 g/mol. The summed E-state index contributed by atoms with van der Waals surface area (Å²) in [4.78, 5) is 12.0. The number of ether oxygens (including phenoxy) is 2. The SMILES string of the molecule is CCc1cccc(NC(=O)/C=C/c2ccc(OC)c(OC)c2)c1. The summed E-state index contributed by atoms with van der Waals surface area (Å²) in [5.74, 6) is 1.12. The van der Waals surface area contributed by atoms with E-state index in [1.807, 2.05) is 36.4 Å². The molecule has 120 valence electrons. The molecule has 0 heterocycles. The average molecular weight is 311 g/mol. The van der Waals surface area contributed by atoms with Crippen molar-refractivity contribution in [2.75, 3.05) is 19.5 Å². The Kier molecular flexibility index (Phi) is 5.80. The third-order valence-corrected chi connectivity index (χ3v) is 3.44. The highest BCUT2D eigenvalue weighted by Gasteiger charge is 2.03. The second kappa shape index (κ2) is 8.03. The number of anilines is 1. The van der Waals surface area contributed by atoms with Crippen LogP contribution in [0, 0.1) is 0 Å². The smallest absolute Gasteiger partial charge is 0.248 e. The monoisotopic (exact) mass is 311 g/mol. The molecule has 0 saturated heterocycles. The molecule has 0 aromatic heterocycles.